The summed E-state index contributed by atoms with van der Waals surface area (Å²) >= 11 is 8.74. The fraction of sp³-hybridized carbons (Fsp3) is 0.300. The average Bonchev–Trinajstić information content (AvgIpc) is 2.17. The third-order valence-corrected chi connectivity index (χ3v) is 3.89. The van der Waals surface area contributed by atoms with Gasteiger partial charge in [0.2, 0.25) is 0 Å². The predicted molar refractivity (Wildman–Crippen MR) is 68.7 cm³/mol. The van der Waals surface area contributed by atoms with Crippen molar-refractivity contribution in [1.82, 2.24) is 0 Å². The number of hydrogen-bond acceptors (Lipinski definition) is 3. The molecule has 70 valence electrons. The average molecular weight is 228 g/mol. The Labute approximate surface area is 93.5 Å². The summed E-state index contributed by atoms with van der Waals surface area (Å²) in [4.78, 5) is 0. The lowest BCUT2D eigenvalue weighted by Gasteiger charge is -2.01. The van der Waals surface area contributed by atoms with E-state index in [9.17, 15) is 0 Å². The van der Waals surface area contributed by atoms with E-state index in [0.29, 0.717) is 0 Å². The van der Waals surface area contributed by atoms with Crippen LogP contribution < -0.4 is 0 Å². The normalized spacial score (nSPS) is 9.92. The van der Waals surface area contributed by atoms with Crippen molar-refractivity contribution in [3.63, 3.8) is 0 Å². The Morgan fingerprint density at radius 2 is 2.00 bits per heavy atom. The summed E-state index contributed by atoms with van der Waals surface area (Å²) in [5, 5.41) is 0. The first-order chi connectivity index (χ1) is 6.33. The maximum atomic E-state index is 5.19. The monoisotopic (exact) mass is 228 g/mol. The lowest BCUT2D eigenvalue weighted by atomic mass is 10.2. The van der Waals surface area contributed by atoms with Gasteiger partial charge in [0.25, 0.3) is 0 Å². The van der Waals surface area contributed by atoms with Crippen molar-refractivity contribution in [2.24, 2.45) is 0 Å². The van der Waals surface area contributed by atoms with Crippen LogP contribution in [0.3, 0.4) is 0 Å². The molecule has 0 aliphatic rings. The molecule has 0 aromatic heterocycles. The summed E-state index contributed by atoms with van der Waals surface area (Å²) in [6.45, 7) is 0. The molecule has 1 aromatic carbocycles. The Hall–Kier alpha value is 0.01000. The van der Waals surface area contributed by atoms with Gasteiger partial charge in [-0.3, -0.25) is 0 Å². The molecular weight excluding hydrogens is 216 g/mol. The Morgan fingerprint density at radius 3 is 2.62 bits per heavy atom. The van der Waals surface area contributed by atoms with E-state index >= 15 is 0 Å². The molecule has 0 saturated carbocycles. The first-order valence-electron chi connectivity index (χ1n) is 4.01. The van der Waals surface area contributed by atoms with E-state index in [1.807, 2.05) is 6.07 Å². The van der Waals surface area contributed by atoms with Crippen LogP contribution in [-0.4, -0.2) is 16.2 Å². The Bertz CT molecular complexity index is 256. The largest absolute Gasteiger partial charge is 0.159 e. The molecule has 0 fully saturated rings. The second-order valence-electron chi connectivity index (χ2n) is 2.58. The predicted octanol–water partition coefficient (Wildman–Crippen LogP) is 3.61. The van der Waals surface area contributed by atoms with E-state index in [-0.39, 0.29) is 0 Å². The van der Waals surface area contributed by atoms with Gasteiger partial charge in [-0.1, -0.05) is 42.5 Å². The van der Waals surface area contributed by atoms with E-state index in [2.05, 4.69) is 30.5 Å². The molecular formula is C10H12S3. The van der Waals surface area contributed by atoms with Gasteiger partial charge in [-0.2, -0.15) is 11.8 Å². The molecule has 0 unspecified atom stereocenters. The van der Waals surface area contributed by atoms with E-state index in [4.69, 9.17) is 12.2 Å². The third-order valence-electron chi connectivity index (χ3n) is 1.50. The second-order valence-corrected chi connectivity index (χ2v) is 5.27. The zero-order chi connectivity index (χ0) is 9.52. The molecule has 0 aliphatic carbocycles. The van der Waals surface area contributed by atoms with Gasteiger partial charge in [0.1, 0.15) is 0 Å². The van der Waals surface area contributed by atoms with Crippen molar-refractivity contribution in [3.8, 4) is 0 Å². The third kappa shape index (κ3) is 4.69. The Balaban J connectivity index is 2.31. The van der Waals surface area contributed by atoms with Gasteiger partial charge in [0.05, 0.1) is 4.20 Å². The highest BCUT2D eigenvalue weighted by Gasteiger charge is 1.97. The van der Waals surface area contributed by atoms with Gasteiger partial charge in [-0.25, -0.2) is 0 Å². The minimum absolute atomic E-state index is 0.979. The molecule has 0 heterocycles. The maximum absolute atomic E-state index is 5.19. The van der Waals surface area contributed by atoms with Gasteiger partial charge in [-0.05, 0) is 11.8 Å². The molecule has 0 nitrogen and oxygen atoms in total. The molecule has 0 radical (unpaired) electrons. The van der Waals surface area contributed by atoms with E-state index in [1.165, 1.54) is 5.56 Å². The number of hydrogen-bond donors (Lipinski definition) is 0. The summed E-state index contributed by atoms with van der Waals surface area (Å²) in [6, 6.07) is 10.4. The first kappa shape index (κ1) is 11.1. The van der Waals surface area contributed by atoms with Crippen LogP contribution in [0.2, 0.25) is 0 Å². The SMILES string of the molecule is CSCC(=S)SCc1ccccc1. The zero-order valence-corrected chi connectivity index (χ0v) is 9.98. The van der Waals surface area contributed by atoms with Crippen LogP contribution in [0.5, 0.6) is 0 Å². The lowest BCUT2D eigenvalue weighted by Crippen LogP contribution is -1.92. The topological polar surface area (TPSA) is 0 Å². The summed E-state index contributed by atoms with van der Waals surface area (Å²) in [5.74, 6) is 1.98. The first-order valence-corrected chi connectivity index (χ1v) is 6.80. The lowest BCUT2D eigenvalue weighted by molar-refractivity contribution is 1.43. The molecule has 0 bridgehead atoms. The number of benzene rings is 1. The molecule has 0 N–H and O–H groups in total. The van der Waals surface area contributed by atoms with Crippen molar-refractivity contribution in [2.45, 2.75) is 5.75 Å². The van der Waals surface area contributed by atoms with E-state index < -0.39 is 0 Å². The second kappa shape index (κ2) is 6.46. The molecule has 0 aliphatic heterocycles. The van der Waals surface area contributed by atoms with Crippen LogP contribution in [0, 0.1) is 0 Å². The quantitative estimate of drug-likeness (QED) is 0.723. The summed E-state index contributed by atoms with van der Waals surface area (Å²) in [5.41, 5.74) is 1.34. The van der Waals surface area contributed by atoms with Crippen molar-refractivity contribution in [1.29, 1.82) is 0 Å². The Kier molecular flexibility index (Phi) is 5.51. The number of rotatable bonds is 4. The summed E-state index contributed by atoms with van der Waals surface area (Å²) < 4.78 is 1.09. The number of thiocarbonyl (C=S) groups is 1. The van der Waals surface area contributed by atoms with Crippen LogP contribution in [0.1, 0.15) is 5.56 Å². The minimum atomic E-state index is 0.979. The van der Waals surface area contributed by atoms with Gasteiger partial charge < -0.3 is 0 Å². The zero-order valence-electron chi connectivity index (χ0n) is 7.53. The molecule has 0 spiro atoms. The van der Waals surface area contributed by atoms with Gasteiger partial charge >= 0.3 is 0 Å². The van der Waals surface area contributed by atoms with Gasteiger partial charge in [0, 0.05) is 11.5 Å². The van der Waals surface area contributed by atoms with Gasteiger partial charge in [-0.15, -0.1) is 11.8 Å². The van der Waals surface area contributed by atoms with Crippen molar-refractivity contribution >= 4 is 39.9 Å². The fourth-order valence-corrected chi connectivity index (χ4v) is 2.87. The highest BCUT2D eigenvalue weighted by atomic mass is 32.2. The standard InChI is InChI=1S/C10H12S3/c1-12-8-10(11)13-7-9-5-3-2-4-6-9/h2-6H,7-8H2,1H3. The molecule has 3 heteroatoms. The van der Waals surface area contributed by atoms with Gasteiger partial charge in [0.15, 0.2) is 0 Å². The molecule has 0 atom stereocenters. The summed E-state index contributed by atoms with van der Waals surface area (Å²) in [6.07, 6.45) is 2.08. The van der Waals surface area contributed by atoms with Crippen molar-refractivity contribution in [3.05, 3.63) is 35.9 Å². The maximum Gasteiger partial charge on any atom is 0.0580 e. The van der Waals surface area contributed by atoms with Crippen molar-refractivity contribution < 1.29 is 0 Å². The molecule has 1 aromatic rings. The van der Waals surface area contributed by atoms with Crippen LogP contribution in [0.15, 0.2) is 30.3 Å². The highest BCUT2D eigenvalue weighted by Crippen LogP contribution is 2.15. The van der Waals surface area contributed by atoms with Crippen LogP contribution in [-0.2, 0) is 5.75 Å². The molecule has 0 amide bonds. The fourth-order valence-electron chi connectivity index (χ4n) is 0.898. The molecule has 0 saturated heterocycles. The highest BCUT2D eigenvalue weighted by molar-refractivity contribution is 8.24. The van der Waals surface area contributed by atoms with Crippen LogP contribution in [0.25, 0.3) is 0 Å². The van der Waals surface area contributed by atoms with Crippen LogP contribution in [0.4, 0.5) is 0 Å². The summed E-state index contributed by atoms with van der Waals surface area (Å²) in [7, 11) is 0. The molecule has 1 rings (SSSR count). The molecule has 13 heavy (non-hydrogen) atoms. The van der Waals surface area contributed by atoms with E-state index in [0.717, 1.165) is 15.7 Å². The van der Waals surface area contributed by atoms with E-state index in [1.54, 1.807) is 23.5 Å². The minimum Gasteiger partial charge on any atom is -0.159 e. The van der Waals surface area contributed by atoms with Crippen LogP contribution >= 0.6 is 35.7 Å². The van der Waals surface area contributed by atoms with Crippen molar-refractivity contribution in [2.75, 3.05) is 12.0 Å². The Morgan fingerprint density at radius 1 is 1.31 bits per heavy atom. The smallest absolute Gasteiger partial charge is 0.0580 e. The number of thioether (sulfide) groups is 2.